The Balaban J connectivity index is 1.78. The molecule has 0 saturated carbocycles. The molecule has 4 heteroatoms. The number of hydrogen-bond acceptors (Lipinski definition) is 3. The molecule has 1 amide bonds. The maximum atomic E-state index is 12.0. The fourth-order valence-corrected chi connectivity index (χ4v) is 2.49. The third-order valence-electron chi connectivity index (χ3n) is 3.96. The van der Waals surface area contributed by atoms with E-state index in [4.69, 9.17) is 9.47 Å². The highest BCUT2D eigenvalue weighted by Gasteiger charge is 2.27. The standard InChI is InChI=1S/C14H25NO3/c1-14(2)6-4-12(16)15(9-7-14)8-5-13-17-10-3-11-18-13/h13H,3-11H2,1-2H3. The molecule has 2 rings (SSSR count). The van der Waals surface area contributed by atoms with Gasteiger partial charge in [0.25, 0.3) is 0 Å². The highest BCUT2D eigenvalue weighted by Crippen LogP contribution is 2.30. The Morgan fingerprint density at radius 1 is 1.28 bits per heavy atom. The number of carbonyl (C=O) groups is 1. The van der Waals surface area contributed by atoms with E-state index in [-0.39, 0.29) is 12.2 Å². The van der Waals surface area contributed by atoms with Gasteiger partial charge in [0, 0.05) is 25.9 Å². The summed E-state index contributed by atoms with van der Waals surface area (Å²) < 4.78 is 11.0. The molecule has 2 saturated heterocycles. The van der Waals surface area contributed by atoms with E-state index in [1.165, 1.54) is 0 Å². The molecule has 0 N–H and O–H groups in total. The lowest BCUT2D eigenvalue weighted by molar-refractivity contribution is -0.183. The monoisotopic (exact) mass is 255 g/mol. The van der Waals surface area contributed by atoms with Crippen molar-refractivity contribution in [3.8, 4) is 0 Å². The molecule has 0 radical (unpaired) electrons. The van der Waals surface area contributed by atoms with Gasteiger partial charge in [-0.1, -0.05) is 13.8 Å². The van der Waals surface area contributed by atoms with Gasteiger partial charge < -0.3 is 14.4 Å². The summed E-state index contributed by atoms with van der Waals surface area (Å²) in [5.74, 6) is 0.288. The molecule has 2 fully saturated rings. The number of likely N-dealkylation sites (tertiary alicyclic amines) is 1. The first-order chi connectivity index (χ1) is 8.57. The van der Waals surface area contributed by atoms with E-state index >= 15 is 0 Å². The van der Waals surface area contributed by atoms with Gasteiger partial charge in [-0.3, -0.25) is 4.79 Å². The van der Waals surface area contributed by atoms with Crippen LogP contribution in [0.1, 0.15) is 46.0 Å². The molecule has 2 aliphatic rings. The van der Waals surface area contributed by atoms with Crippen LogP contribution in [-0.4, -0.2) is 43.4 Å². The van der Waals surface area contributed by atoms with Crippen LogP contribution in [0.5, 0.6) is 0 Å². The fourth-order valence-electron chi connectivity index (χ4n) is 2.49. The van der Waals surface area contributed by atoms with Crippen LogP contribution in [0, 0.1) is 5.41 Å². The molecule has 0 bridgehead atoms. The number of nitrogens with zero attached hydrogens (tertiary/aromatic N) is 1. The highest BCUT2D eigenvalue weighted by molar-refractivity contribution is 5.76. The van der Waals surface area contributed by atoms with E-state index in [0.29, 0.717) is 11.8 Å². The molecular weight excluding hydrogens is 230 g/mol. The second-order valence-corrected chi connectivity index (χ2v) is 6.11. The largest absolute Gasteiger partial charge is 0.353 e. The van der Waals surface area contributed by atoms with Gasteiger partial charge in [0.1, 0.15) is 0 Å². The fraction of sp³-hybridized carbons (Fsp3) is 0.929. The Bertz CT molecular complexity index is 285. The lowest BCUT2D eigenvalue weighted by Gasteiger charge is -2.27. The van der Waals surface area contributed by atoms with Crippen molar-refractivity contribution >= 4 is 5.91 Å². The molecule has 0 atom stereocenters. The average molecular weight is 255 g/mol. The number of ether oxygens (including phenoxy) is 2. The van der Waals surface area contributed by atoms with Crippen molar-refractivity contribution < 1.29 is 14.3 Å². The summed E-state index contributed by atoms with van der Waals surface area (Å²) in [6, 6.07) is 0. The van der Waals surface area contributed by atoms with Gasteiger partial charge in [-0.25, -0.2) is 0 Å². The second kappa shape index (κ2) is 6.02. The van der Waals surface area contributed by atoms with Crippen LogP contribution in [0.3, 0.4) is 0 Å². The van der Waals surface area contributed by atoms with E-state index in [9.17, 15) is 4.79 Å². The van der Waals surface area contributed by atoms with E-state index in [0.717, 1.165) is 52.0 Å². The summed E-state index contributed by atoms with van der Waals surface area (Å²) in [4.78, 5) is 14.0. The number of rotatable bonds is 3. The van der Waals surface area contributed by atoms with Gasteiger partial charge in [-0.15, -0.1) is 0 Å². The van der Waals surface area contributed by atoms with Crippen LogP contribution in [0.15, 0.2) is 0 Å². The molecule has 0 unspecified atom stereocenters. The van der Waals surface area contributed by atoms with Crippen LogP contribution in [0.4, 0.5) is 0 Å². The van der Waals surface area contributed by atoms with Gasteiger partial charge in [0.05, 0.1) is 13.2 Å². The van der Waals surface area contributed by atoms with Crippen LogP contribution in [-0.2, 0) is 14.3 Å². The zero-order valence-electron chi connectivity index (χ0n) is 11.6. The summed E-state index contributed by atoms with van der Waals surface area (Å²) >= 11 is 0. The minimum Gasteiger partial charge on any atom is -0.353 e. The maximum absolute atomic E-state index is 12.0. The predicted molar refractivity (Wildman–Crippen MR) is 69.1 cm³/mol. The molecule has 0 aliphatic carbocycles. The summed E-state index contributed by atoms with van der Waals surface area (Å²) in [7, 11) is 0. The van der Waals surface area contributed by atoms with Crippen molar-refractivity contribution in [1.29, 1.82) is 0 Å². The number of carbonyl (C=O) groups excluding carboxylic acids is 1. The Morgan fingerprint density at radius 2 is 2.00 bits per heavy atom. The topological polar surface area (TPSA) is 38.8 Å². The first-order valence-corrected chi connectivity index (χ1v) is 7.08. The van der Waals surface area contributed by atoms with Crippen LogP contribution >= 0.6 is 0 Å². The Hall–Kier alpha value is -0.610. The first kappa shape index (κ1) is 13.8. The minimum absolute atomic E-state index is 0.109. The molecule has 2 aliphatic heterocycles. The quantitative estimate of drug-likeness (QED) is 0.776. The summed E-state index contributed by atoms with van der Waals surface area (Å²) in [5, 5.41) is 0. The van der Waals surface area contributed by atoms with Crippen molar-refractivity contribution in [2.24, 2.45) is 5.41 Å². The summed E-state index contributed by atoms with van der Waals surface area (Å²) in [6.07, 6.45) is 4.44. The molecule has 4 nitrogen and oxygen atoms in total. The third kappa shape index (κ3) is 3.95. The zero-order valence-corrected chi connectivity index (χ0v) is 11.6. The average Bonchev–Trinajstić information content (AvgIpc) is 2.49. The van der Waals surface area contributed by atoms with E-state index < -0.39 is 0 Å². The first-order valence-electron chi connectivity index (χ1n) is 7.08. The lowest BCUT2D eigenvalue weighted by Crippen LogP contribution is -2.35. The van der Waals surface area contributed by atoms with E-state index in [2.05, 4.69) is 13.8 Å². The normalized spacial score (nSPS) is 26.1. The number of hydrogen-bond donors (Lipinski definition) is 0. The van der Waals surface area contributed by atoms with Crippen molar-refractivity contribution in [1.82, 2.24) is 4.90 Å². The SMILES string of the molecule is CC1(C)CCC(=O)N(CCC2OCCCO2)CC1. The smallest absolute Gasteiger partial charge is 0.222 e. The second-order valence-electron chi connectivity index (χ2n) is 6.11. The van der Waals surface area contributed by atoms with Gasteiger partial charge in [0.15, 0.2) is 6.29 Å². The van der Waals surface area contributed by atoms with Crippen LogP contribution < -0.4 is 0 Å². The van der Waals surface area contributed by atoms with Gasteiger partial charge in [-0.2, -0.15) is 0 Å². The third-order valence-corrected chi connectivity index (χ3v) is 3.96. The summed E-state index contributed by atoms with van der Waals surface area (Å²) in [5.41, 5.74) is 0.294. The highest BCUT2D eigenvalue weighted by atomic mass is 16.7. The molecule has 2 heterocycles. The van der Waals surface area contributed by atoms with Gasteiger partial charge in [0.2, 0.25) is 5.91 Å². The van der Waals surface area contributed by atoms with Crippen molar-refractivity contribution in [3.05, 3.63) is 0 Å². The van der Waals surface area contributed by atoms with Crippen molar-refractivity contribution in [2.45, 2.75) is 52.2 Å². The van der Waals surface area contributed by atoms with Crippen molar-refractivity contribution in [2.75, 3.05) is 26.3 Å². The molecule has 0 spiro atoms. The molecular formula is C14H25NO3. The molecule has 0 aromatic heterocycles. The molecule has 18 heavy (non-hydrogen) atoms. The predicted octanol–water partition coefficient (Wildman–Crippen LogP) is 2.18. The van der Waals surface area contributed by atoms with E-state index in [1.807, 2.05) is 4.90 Å². The summed E-state index contributed by atoms with van der Waals surface area (Å²) in [6.45, 7) is 7.70. The molecule has 0 aromatic rings. The minimum atomic E-state index is -0.109. The number of amides is 1. The lowest BCUT2D eigenvalue weighted by atomic mass is 9.85. The zero-order chi connectivity index (χ0) is 13.0. The Kier molecular flexibility index (Phi) is 4.62. The Morgan fingerprint density at radius 3 is 2.72 bits per heavy atom. The Labute approximate surface area is 110 Å². The molecule has 104 valence electrons. The van der Waals surface area contributed by atoms with E-state index in [1.54, 1.807) is 0 Å². The van der Waals surface area contributed by atoms with Crippen LogP contribution in [0.25, 0.3) is 0 Å². The van der Waals surface area contributed by atoms with Crippen LogP contribution in [0.2, 0.25) is 0 Å². The van der Waals surface area contributed by atoms with Gasteiger partial charge >= 0.3 is 0 Å². The van der Waals surface area contributed by atoms with Crippen molar-refractivity contribution in [3.63, 3.8) is 0 Å². The van der Waals surface area contributed by atoms with Gasteiger partial charge in [-0.05, 0) is 24.7 Å². The maximum Gasteiger partial charge on any atom is 0.222 e. The molecule has 0 aromatic carbocycles.